The van der Waals surface area contributed by atoms with E-state index in [9.17, 15) is 0 Å². The second-order valence-electron chi connectivity index (χ2n) is 7.59. The topological polar surface area (TPSA) is 26.0 Å². The molecular weight excluding hydrogens is 266 g/mol. The third kappa shape index (κ3) is 2.33. The summed E-state index contributed by atoms with van der Waals surface area (Å²) in [6.45, 7) is 9.45. The number of anilines is 1. The molecule has 3 rings (SSSR count). The van der Waals surface area contributed by atoms with E-state index in [-0.39, 0.29) is 10.8 Å². The van der Waals surface area contributed by atoms with Gasteiger partial charge in [0, 0.05) is 5.69 Å². The first-order valence-electron chi connectivity index (χ1n) is 8.29. The van der Waals surface area contributed by atoms with Crippen LogP contribution in [0, 0.1) is 10.8 Å². The fourth-order valence-corrected chi connectivity index (χ4v) is 3.94. The van der Waals surface area contributed by atoms with Gasteiger partial charge in [-0.1, -0.05) is 56.7 Å². The van der Waals surface area contributed by atoms with E-state index >= 15 is 0 Å². The molecule has 0 aromatic heterocycles. The molecule has 0 heterocycles. The summed E-state index contributed by atoms with van der Waals surface area (Å²) in [4.78, 5) is 0. The average Bonchev–Trinajstić information content (AvgIpc) is 2.48. The van der Waals surface area contributed by atoms with Crippen molar-refractivity contribution in [3.8, 4) is 0 Å². The SMILES string of the molecule is CC1=CCCC=C1C(C)(C)C1(C)C=Cc2cc(N)ccc2C1. The highest BCUT2D eigenvalue weighted by molar-refractivity contribution is 5.63. The van der Waals surface area contributed by atoms with Gasteiger partial charge in [-0.2, -0.15) is 0 Å². The summed E-state index contributed by atoms with van der Waals surface area (Å²) in [6.07, 6.45) is 12.9. The molecule has 0 saturated heterocycles. The zero-order valence-corrected chi connectivity index (χ0v) is 14.2. The van der Waals surface area contributed by atoms with E-state index in [0.29, 0.717) is 0 Å². The minimum atomic E-state index is 0.115. The number of rotatable bonds is 2. The molecule has 1 unspecified atom stereocenters. The third-order valence-electron chi connectivity index (χ3n) is 5.85. The minimum Gasteiger partial charge on any atom is -0.399 e. The number of benzene rings is 1. The molecule has 1 nitrogen and oxygen atoms in total. The van der Waals surface area contributed by atoms with Gasteiger partial charge in [0.25, 0.3) is 0 Å². The molecule has 1 aromatic rings. The molecule has 0 saturated carbocycles. The summed E-state index contributed by atoms with van der Waals surface area (Å²) in [5.41, 5.74) is 12.7. The first kappa shape index (κ1) is 15.1. The predicted octanol–water partition coefficient (Wildman–Crippen LogP) is 5.54. The highest BCUT2D eigenvalue weighted by atomic mass is 14.5. The Balaban J connectivity index is 2.00. The van der Waals surface area contributed by atoms with Crippen molar-refractivity contribution in [2.45, 2.75) is 47.0 Å². The number of hydrogen-bond acceptors (Lipinski definition) is 1. The summed E-state index contributed by atoms with van der Waals surface area (Å²) < 4.78 is 0. The van der Waals surface area contributed by atoms with E-state index in [4.69, 9.17) is 5.73 Å². The van der Waals surface area contributed by atoms with Crippen LogP contribution < -0.4 is 5.73 Å². The van der Waals surface area contributed by atoms with Gasteiger partial charge in [0.15, 0.2) is 0 Å². The van der Waals surface area contributed by atoms with Crippen molar-refractivity contribution >= 4 is 11.8 Å². The molecule has 1 heteroatoms. The van der Waals surface area contributed by atoms with Crippen LogP contribution in [0.3, 0.4) is 0 Å². The van der Waals surface area contributed by atoms with Crippen LogP contribution in [0.4, 0.5) is 5.69 Å². The Morgan fingerprint density at radius 1 is 1.14 bits per heavy atom. The van der Waals surface area contributed by atoms with Crippen LogP contribution in [-0.4, -0.2) is 0 Å². The lowest BCUT2D eigenvalue weighted by molar-refractivity contribution is 0.190. The van der Waals surface area contributed by atoms with E-state index in [1.807, 2.05) is 6.07 Å². The van der Waals surface area contributed by atoms with E-state index in [1.165, 1.54) is 35.1 Å². The number of nitrogen functional groups attached to an aromatic ring is 1. The Bertz CT molecular complexity index is 688. The standard InChI is InChI=1S/C21H27N/c1-15-7-5-6-8-19(15)20(2,3)21(4)12-11-16-13-18(22)10-9-17(16)14-21/h7-13H,5-6,14,22H2,1-4H3. The maximum absolute atomic E-state index is 5.92. The fourth-order valence-electron chi connectivity index (χ4n) is 3.94. The molecular formula is C21H27N. The van der Waals surface area contributed by atoms with Crippen molar-refractivity contribution in [2.75, 3.05) is 5.73 Å². The van der Waals surface area contributed by atoms with Crippen LogP contribution in [0.2, 0.25) is 0 Å². The Kier molecular flexibility index (Phi) is 3.55. The molecule has 0 fully saturated rings. The summed E-state index contributed by atoms with van der Waals surface area (Å²) in [5.74, 6) is 0. The molecule has 0 bridgehead atoms. The van der Waals surface area contributed by atoms with Gasteiger partial charge in [0.2, 0.25) is 0 Å². The van der Waals surface area contributed by atoms with Crippen LogP contribution in [0.25, 0.3) is 6.08 Å². The van der Waals surface area contributed by atoms with Crippen molar-refractivity contribution in [2.24, 2.45) is 10.8 Å². The zero-order chi connectivity index (χ0) is 16.0. The molecule has 1 atom stereocenters. The van der Waals surface area contributed by atoms with Gasteiger partial charge in [-0.15, -0.1) is 0 Å². The Hall–Kier alpha value is -1.76. The van der Waals surface area contributed by atoms with Gasteiger partial charge in [0.05, 0.1) is 0 Å². The number of allylic oxidation sites excluding steroid dienone is 5. The van der Waals surface area contributed by atoms with Gasteiger partial charge in [-0.05, 0) is 65.8 Å². The lowest BCUT2D eigenvalue weighted by Crippen LogP contribution is -2.39. The lowest BCUT2D eigenvalue weighted by atomic mass is 9.57. The predicted molar refractivity (Wildman–Crippen MR) is 96.6 cm³/mol. The summed E-state index contributed by atoms with van der Waals surface area (Å²) >= 11 is 0. The second-order valence-corrected chi connectivity index (χ2v) is 7.59. The van der Waals surface area contributed by atoms with Crippen LogP contribution in [-0.2, 0) is 6.42 Å². The van der Waals surface area contributed by atoms with E-state index in [2.05, 4.69) is 64.1 Å². The molecule has 0 aliphatic heterocycles. The molecule has 0 amide bonds. The molecule has 22 heavy (non-hydrogen) atoms. The van der Waals surface area contributed by atoms with Crippen molar-refractivity contribution in [3.63, 3.8) is 0 Å². The molecule has 0 spiro atoms. The maximum atomic E-state index is 5.92. The van der Waals surface area contributed by atoms with Gasteiger partial charge in [0.1, 0.15) is 0 Å². The van der Waals surface area contributed by atoms with E-state index in [1.54, 1.807) is 0 Å². The summed E-state index contributed by atoms with van der Waals surface area (Å²) in [7, 11) is 0. The largest absolute Gasteiger partial charge is 0.399 e. The molecule has 2 N–H and O–H groups in total. The van der Waals surface area contributed by atoms with Gasteiger partial charge >= 0.3 is 0 Å². The first-order chi connectivity index (χ1) is 10.3. The van der Waals surface area contributed by atoms with Gasteiger partial charge < -0.3 is 5.73 Å². The monoisotopic (exact) mass is 293 g/mol. The van der Waals surface area contributed by atoms with Crippen molar-refractivity contribution in [1.29, 1.82) is 0 Å². The minimum absolute atomic E-state index is 0.115. The van der Waals surface area contributed by atoms with E-state index < -0.39 is 0 Å². The van der Waals surface area contributed by atoms with Crippen molar-refractivity contribution in [3.05, 3.63) is 58.7 Å². The van der Waals surface area contributed by atoms with Crippen molar-refractivity contribution < 1.29 is 0 Å². The highest BCUT2D eigenvalue weighted by Gasteiger charge is 2.43. The average molecular weight is 293 g/mol. The Labute approximate surface area is 134 Å². The number of hydrogen-bond donors (Lipinski definition) is 1. The molecule has 0 radical (unpaired) electrons. The van der Waals surface area contributed by atoms with Crippen LogP contribution in [0.1, 0.15) is 51.7 Å². The Morgan fingerprint density at radius 3 is 2.59 bits per heavy atom. The molecule has 2 aliphatic rings. The second kappa shape index (κ2) is 5.15. The summed E-state index contributed by atoms with van der Waals surface area (Å²) in [5, 5.41) is 0. The molecule has 116 valence electrons. The van der Waals surface area contributed by atoms with Crippen molar-refractivity contribution in [1.82, 2.24) is 0 Å². The lowest BCUT2D eigenvalue weighted by Gasteiger charge is -2.47. The van der Waals surface area contributed by atoms with Gasteiger partial charge in [-0.3, -0.25) is 0 Å². The summed E-state index contributed by atoms with van der Waals surface area (Å²) in [6, 6.07) is 6.31. The van der Waals surface area contributed by atoms with Crippen LogP contribution >= 0.6 is 0 Å². The smallest absolute Gasteiger partial charge is 0.0320 e. The third-order valence-corrected chi connectivity index (χ3v) is 5.85. The zero-order valence-electron chi connectivity index (χ0n) is 14.2. The fraction of sp³-hybridized carbons (Fsp3) is 0.429. The highest BCUT2D eigenvalue weighted by Crippen LogP contribution is 2.52. The number of fused-ring (bicyclic) bond motifs is 1. The quantitative estimate of drug-likeness (QED) is 0.712. The van der Waals surface area contributed by atoms with Gasteiger partial charge in [-0.25, -0.2) is 0 Å². The Morgan fingerprint density at radius 2 is 1.86 bits per heavy atom. The normalized spacial score (nSPS) is 24.5. The van der Waals surface area contributed by atoms with Crippen LogP contribution in [0.15, 0.2) is 47.6 Å². The maximum Gasteiger partial charge on any atom is 0.0320 e. The molecule has 2 aliphatic carbocycles. The van der Waals surface area contributed by atoms with Crippen LogP contribution in [0.5, 0.6) is 0 Å². The first-order valence-corrected chi connectivity index (χ1v) is 8.29. The van der Waals surface area contributed by atoms with E-state index in [0.717, 1.165) is 12.1 Å². The molecule has 1 aromatic carbocycles. The number of nitrogens with two attached hydrogens (primary N) is 1.